The number of anilines is 1. The third-order valence-electron chi connectivity index (χ3n) is 5.33. The van der Waals surface area contributed by atoms with Crippen LogP contribution in [-0.4, -0.2) is 34.1 Å². The lowest BCUT2D eigenvalue weighted by Gasteiger charge is -2.29. The minimum absolute atomic E-state index is 0.361. The Morgan fingerprint density at radius 3 is 2.64 bits per heavy atom. The molecule has 132 valence electrons. The van der Waals surface area contributed by atoms with Crippen molar-refractivity contribution in [3.05, 3.63) is 54.1 Å². The molecule has 2 aromatic rings. The number of hydrogen-bond acceptors (Lipinski definition) is 4. The van der Waals surface area contributed by atoms with Gasteiger partial charge in [-0.25, -0.2) is 8.42 Å². The Bertz CT molecular complexity index is 841. The highest BCUT2D eigenvalue weighted by atomic mass is 32.2. The standard InChI is InChI=1S/C20H24N2O2S/c23-25(24,18-6-2-1-3-7-18)19-8-9-20-16(15-19)11-14-22(20)17-5-4-12-21-13-10-17/h1-3,6-9,15,17,21H,4-5,10-14H2. The van der Waals surface area contributed by atoms with E-state index in [9.17, 15) is 8.42 Å². The highest BCUT2D eigenvalue weighted by Gasteiger charge is 2.28. The van der Waals surface area contributed by atoms with E-state index in [1.807, 2.05) is 18.2 Å². The molecule has 4 rings (SSSR count). The van der Waals surface area contributed by atoms with Gasteiger partial charge in [-0.3, -0.25) is 0 Å². The molecule has 2 aliphatic heterocycles. The predicted molar refractivity (Wildman–Crippen MR) is 99.9 cm³/mol. The van der Waals surface area contributed by atoms with Crippen molar-refractivity contribution < 1.29 is 8.42 Å². The minimum Gasteiger partial charge on any atom is -0.368 e. The molecule has 2 aromatic carbocycles. The van der Waals surface area contributed by atoms with E-state index >= 15 is 0 Å². The SMILES string of the molecule is O=S(=O)(c1ccccc1)c1ccc2c(c1)CCN2C1CCCNCC1. The first-order valence-electron chi connectivity index (χ1n) is 9.07. The van der Waals surface area contributed by atoms with E-state index in [0.717, 1.165) is 38.0 Å². The van der Waals surface area contributed by atoms with Gasteiger partial charge in [-0.15, -0.1) is 0 Å². The van der Waals surface area contributed by atoms with Gasteiger partial charge >= 0.3 is 0 Å². The van der Waals surface area contributed by atoms with Crippen LogP contribution in [-0.2, 0) is 16.3 Å². The topological polar surface area (TPSA) is 49.4 Å². The number of fused-ring (bicyclic) bond motifs is 1. The first kappa shape index (κ1) is 16.6. The Kier molecular flexibility index (Phi) is 4.52. The van der Waals surface area contributed by atoms with Crippen molar-refractivity contribution in [2.24, 2.45) is 0 Å². The molecule has 0 radical (unpaired) electrons. The molecular formula is C20H24N2O2S. The lowest BCUT2D eigenvalue weighted by molar-refractivity contribution is 0.549. The zero-order valence-corrected chi connectivity index (χ0v) is 15.1. The molecule has 4 nitrogen and oxygen atoms in total. The van der Waals surface area contributed by atoms with Crippen LogP contribution < -0.4 is 10.2 Å². The Morgan fingerprint density at radius 1 is 0.960 bits per heavy atom. The molecule has 1 unspecified atom stereocenters. The summed E-state index contributed by atoms with van der Waals surface area (Å²) in [5.41, 5.74) is 2.38. The van der Waals surface area contributed by atoms with Crippen LogP contribution in [0.15, 0.2) is 58.3 Å². The largest absolute Gasteiger partial charge is 0.368 e. The van der Waals surface area contributed by atoms with Crippen LogP contribution in [0, 0.1) is 0 Å². The molecular weight excluding hydrogens is 332 g/mol. The zero-order chi connectivity index (χ0) is 17.3. The molecule has 1 atom stereocenters. The van der Waals surface area contributed by atoms with Crippen LogP contribution in [0.2, 0.25) is 0 Å². The summed E-state index contributed by atoms with van der Waals surface area (Å²) in [7, 11) is -3.44. The third-order valence-corrected chi connectivity index (χ3v) is 7.10. The van der Waals surface area contributed by atoms with E-state index in [2.05, 4.69) is 10.2 Å². The van der Waals surface area contributed by atoms with Gasteiger partial charge in [-0.2, -0.15) is 0 Å². The smallest absolute Gasteiger partial charge is 0.206 e. The third kappa shape index (κ3) is 3.18. The monoisotopic (exact) mass is 356 g/mol. The van der Waals surface area contributed by atoms with E-state index in [0.29, 0.717) is 15.8 Å². The summed E-state index contributed by atoms with van der Waals surface area (Å²) in [6.45, 7) is 3.16. The van der Waals surface area contributed by atoms with Gasteiger partial charge in [0.25, 0.3) is 0 Å². The van der Waals surface area contributed by atoms with E-state index in [1.165, 1.54) is 18.5 Å². The average molecular weight is 356 g/mol. The maximum atomic E-state index is 12.8. The fourth-order valence-corrected chi connectivity index (χ4v) is 5.33. The van der Waals surface area contributed by atoms with Gasteiger partial charge in [0.15, 0.2) is 0 Å². The fraction of sp³-hybridized carbons (Fsp3) is 0.400. The molecule has 2 aliphatic rings. The molecule has 0 bridgehead atoms. The van der Waals surface area contributed by atoms with Gasteiger partial charge in [0, 0.05) is 18.3 Å². The molecule has 0 aliphatic carbocycles. The summed E-state index contributed by atoms with van der Waals surface area (Å²) in [5.74, 6) is 0. The van der Waals surface area contributed by atoms with Crippen LogP contribution in [0.25, 0.3) is 0 Å². The normalized spacial score (nSPS) is 21.0. The van der Waals surface area contributed by atoms with Crippen molar-refractivity contribution in [2.75, 3.05) is 24.5 Å². The summed E-state index contributed by atoms with van der Waals surface area (Å²) >= 11 is 0. The summed E-state index contributed by atoms with van der Waals surface area (Å²) in [6.07, 6.45) is 4.49. The van der Waals surface area contributed by atoms with Crippen molar-refractivity contribution in [1.29, 1.82) is 0 Å². The van der Waals surface area contributed by atoms with Gasteiger partial charge in [-0.1, -0.05) is 18.2 Å². The number of sulfone groups is 1. The molecule has 1 saturated heterocycles. The maximum absolute atomic E-state index is 12.8. The Morgan fingerprint density at radius 2 is 1.80 bits per heavy atom. The number of rotatable bonds is 3. The Labute approximate surface area is 149 Å². The van der Waals surface area contributed by atoms with Gasteiger partial charge in [-0.05, 0) is 74.7 Å². The van der Waals surface area contributed by atoms with E-state index in [1.54, 1.807) is 30.3 Å². The number of hydrogen-bond donors (Lipinski definition) is 1. The van der Waals surface area contributed by atoms with E-state index < -0.39 is 9.84 Å². The van der Waals surface area contributed by atoms with Crippen molar-refractivity contribution >= 4 is 15.5 Å². The molecule has 1 N–H and O–H groups in total. The molecule has 0 saturated carbocycles. The van der Waals surface area contributed by atoms with Gasteiger partial charge in [0.05, 0.1) is 9.79 Å². The Balaban J connectivity index is 1.63. The second-order valence-electron chi connectivity index (χ2n) is 6.89. The lowest BCUT2D eigenvalue weighted by Crippen LogP contribution is -2.34. The second-order valence-corrected chi connectivity index (χ2v) is 8.83. The number of nitrogens with one attached hydrogen (secondary N) is 1. The summed E-state index contributed by atoms with van der Waals surface area (Å²) < 4.78 is 25.7. The molecule has 0 aromatic heterocycles. The fourth-order valence-electron chi connectivity index (χ4n) is 4.00. The van der Waals surface area contributed by atoms with Crippen molar-refractivity contribution in [3.63, 3.8) is 0 Å². The van der Waals surface area contributed by atoms with Gasteiger partial charge in [0.1, 0.15) is 0 Å². The highest BCUT2D eigenvalue weighted by molar-refractivity contribution is 7.91. The second kappa shape index (κ2) is 6.81. The van der Waals surface area contributed by atoms with E-state index in [4.69, 9.17) is 0 Å². The first-order chi connectivity index (χ1) is 12.2. The van der Waals surface area contributed by atoms with Crippen molar-refractivity contribution in [3.8, 4) is 0 Å². The molecule has 2 heterocycles. The summed E-state index contributed by atoms with van der Waals surface area (Å²) in [5, 5.41) is 3.47. The summed E-state index contributed by atoms with van der Waals surface area (Å²) in [6, 6.07) is 14.9. The zero-order valence-electron chi connectivity index (χ0n) is 14.3. The van der Waals surface area contributed by atoms with Crippen LogP contribution in [0.3, 0.4) is 0 Å². The van der Waals surface area contributed by atoms with Crippen molar-refractivity contribution in [1.82, 2.24) is 5.32 Å². The maximum Gasteiger partial charge on any atom is 0.206 e. The highest BCUT2D eigenvalue weighted by Crippen LogP contribution is 2.34. The predicted octanol–water partition coefficient (Wildman–Crippen LogP) is 3.02. The van der Waals surface area contributed by atoms with Gasteiger partial charge < -0.3 is 10.2 Å². The number of nitrogens with zero attached hydrogens (tertiary/aromatic N) is 1. The van der Waals surface area contributed by atoms with Crippen LogP contribution in [0.4, 0.5) is 5.69 Å². The lowest BCUT2D eigenvalue weighted by atomic mass is 10.1. The van der Waals surface area contributed by atoms with E-state index in [-0.39, 0.29) is 0 Å². The Hall–Kier alpha value is -1.85. The molecule has 0 amide bonds. The van der Waals surface area contributed by atoms with Gasteiger partial charge in [0.2, 0.25) is 9.84 Å². The van der Waals surface area contributed by atoms with Crippen LogP contribution >= 0.6 is 0 Å². The van der Waals surface area contributed by atoms with Crippen LogP contribution in [0.1, 0.15) is 24.8 Å². The molecule has 5 heteroatoms. The molecule has 25 heavy (non-hydrogen) atoms. The summed E-state index contributed by atoms with van der Waals surface area (Å²) in [4.78, 5) is 3.25. The van der Waals surface area contributed by atoms with Crippen molar-refractivity contribution in [2.45, 2.75) is 41.5 Å². The molecule has 1 fully saturated rings. The quantitative estimate of drug-likeness (QED) is 0.918. The number of benzene rings is 2. The molecule has 0 spiro atoms. The average Bonchev–Trinajstić information content (AvgIpc) is 2.87. The minimum atomic E-state index is -3.44. The first-order valence-corrected chi connectivity index (χ1v) is 10.5. The van der Waals surface area contributed by atoms with Crippen LogP contribution in [0.5, 0.6) is 0 Å².